The number of carbonyl (C=O) groups is 4. The zero-order chi connectivity index (χ0) is 22.8. The van der Waals surface area contributed by atoms with Gasteiger partial charge in [0, 0.05) is 25.3 Å². The first-order valence-corrected chi connectivity index (χ1v) is 9.42. The summed E-state index contributed by atoms with van der Waals surface area (Å²) in [5.74, 6) is -1.32. The molecule has 1 fully saturated rings. The molecule has 1 aliphatic rings. The number of nitrogens with zero attached hydrogens (tertiary/aromatic N) is 3. The molecule has 9 nitrogen and oxygen atoms in total. The molecule has 1 heterocycles. The maximum Gasteiger partial charge on any atom is 0.325 e. The topological polar surface area (TPSA) is 123 Å². The Balaban J connectivity index is 1.70. The number of urea groups is 1. The molecule has 0 saturated carbocycles. The first-order valence-electron chi connectivity index (χ1n) is 9.42. The van der Waals surface area contributed by atoms with Gasteiger partial charge in [0.05, 0.1) is 11.6 Å². The Bertz CT molecular complexity index is 1100. The molecule has 158 valence electrons. The molecule has 2 N–H and O–H groups in total. The largest absolute Gasteiger partial charge is 0.345 e. The van der Waals surface area contributed by atoms with E-state index in [1.165, 1.54) is 17.9 Å². The van der Waals surface area contributed by atoms with Crippen LogP contribution in [-0.2, 0) is 15.1 Å². The molecule has 1 aliphatic heterocycles. The molecule has 0 radical (unpaired) electrons. The van der Waals surface area contributed by atoms with E-state index in [1.807, 2.05) is 6.07 Å². The molecule has 1 unspecified atom stereocenters. The third-order valence-electron chi connectivity index (χ3n) is 4.97. The van der Waals surface area contributed by atoms with Crippen LogP contribution in [0.2, 0.25) is 0 Å². The van der Waals surface area contributed by atoms with Crippen molar-refractivity contribution in [1.82, 2.24) is 15.1 Å². The summed E-state index contributed by atoms with van der Waals surface area (Å²) < 4.78 is 0. The van der Waals surface area contributed by atoms with Gasteiger partial charge in [0.2, 0.25) is 5.91 Å². The van der Waals surface area contributed by atoms with Crippen LogP contribution in [0, 0.1) is 11.3 Å². The second kappa shape index (κ2) is 8.28. The van der Waals surface area contributed by atoms with Crippen molar-refractivity contribution in [2.45, 2.75) is 12.5 Å². The van der Waals surface area contributed by atoms with E-state index >= 15 is 0 Å². The Hall–Kier alpha value is -4.19. The van der Waals surface area contributed by atoms with Gasteiger partial charge in [0.25, 0.3) is 11.8 Å². The Morgan fingerprint density at radius 3 is 2.45 bits per heavy atom. The first kappa shape index (κ1) is 21.5. The second-order valence-corrected chi connectivity index (χ2v) is 7.46. The fourth-order valence-corrected chi connectivity index (χ4v) is 3.23. The van der Waals surface area contributed by atoms with Crippen molar-refractivity contribution in [1.29, 1.82) is 5.26 Å². The van der Waals surface area contributed by atoms with Gasteiger partial charge in [-0.25, -0.2) is 4.79 Å². The highest BCUT2D eigenvalue weighted by molar-refractivity contribution is 6.10. The zero-order valence-corrected chi connectivity index (χ0v) is 17.3. The van der Waals surface area contributed by atoms with E-state index < -0.39 is 29.9 Å². The van der Waals surface area contributed by atoms with Crippen molar-refractivity contribution in [2.75, 3.05) is 26.0 Å². The van der Waals surface area contributed by atoms with Crippen molar-refractivity contribution in [2.24, 2.45) is 0 Å². The Labute approximate surface area is 179 Å². The smallest absolute Gasteiger partial charge is 0.325 e. The monoisotopic (exact) mass is 419 g/mol. The van der Waals surface area contributed by atoms with E-state index in [4.69, 9.17) is 5.26 Å². The van der Waals surface area contributed by atoms with Gasteiger partial charge in [-0.15, -0.1) is 0 Å². The summed E-state index contributed by atoms with van der Waals surface area (Å²) in [4.78, 5) is 52.0. The summed E-state index contributed by atoms with van der Waals surface area (Å²) in [5.41, 5.74) is 0.324. The van der Waals surface area contributed by atoms with Gasteiger partial charge in [0.1, 0.15) is 12.1 Å². The van der Waals surface area contributed by atoms with E-state index in [0.717, 1.165) is 4.90 Å². The van der Waals surface area contributed by atoms with Crippen LogP contribution >= 0.6 is 0 Å². The number of rotatable bonds is 5. The Morgan fingerprint density at radius 2 is 1.84 bits per heavy atom. The number of nitrogens with one attached hydrogen (secondary N) is 2. The summed E-state index contributed by atoms with van der Waals surface area (Å²) in [6, 6.07) is 14.0. The predicted octanol–water partition coefficient (Wildman–Crippen LogP) is 1.67. The predicted molar refractivity (Wildman–Crippen MR) is 112 cm³/mol. The van der Waals surface area contributed by atoms with E-state index in [1.54, 1.807) is 56.6 Å². The third-order valence-corrected chi connectivity index (χ3v) is 4.97. The lowest BCUT2D eigenvalue weighted by molar-refractivity contribution is -0.133. The summed E-state index contributed by atoms with van der Waals surface area (Å²) >= 11 is 0. The molecule has 0 aliphatic carbocycles. The van der Waals surface area contributed by atoms with Gasteiger partial charge >= 0.3 is 6.03 Å². The van der Waals surface area contributed by atoms with Crippen LogP contribution in [0.25, 0.3) is 0 Å². The number of carbonyl (C=O) groups excluding carboxylic acids is 4. The summed E-state index contributed by atoms with van der Waals surface area (Å²) in [7, 11) is 3.28. The van der Waals surface area contributed by atoms with Crippen molar-refractivity contribution < 1.29 is 19.2 Å². The lowest BCUT2D eigenvalue weighted by atomic mass is 9.91. The molecule has 0 bridgehead atoms. The molecule has 1 saturated heterocycles. The summed E-state index contributed by atoms with van der Waals surface area (Å²) in [5, 5.41) is 14.3. The maximum absolute atomic E-state index is 12.9. The fourth-order valence-electron chi connectivity index (χ4n) is 3.23. The van der Waals surface area contributed by atoms with Crippen molar-refractivity contribution in [3.05, 3.63) is 65.2 Å². The van der Waals surface area contributed by atoms with Gasteiger partial charge in [-0.1, -0.05) is 12.1 Å². The lowest BCUT2D eigenvalue weighted by Crippen LogP contribution is -2.42. The average molecular weight is 419 g/mol. The molecule has 2 aromatic rings. The number of benzene rings is 2. The minimum Gasteiger partial charge on any atom is -0.345 e. The second-order valence-electron chi connectivity index (χ2n) is 7.46. The Kier molecular flexibility index (Phi) is 5.75. The van der Waals surface area contributed by atoms with Gasteiger partial charge in [-0.3, -0.25) is 19.3 Å². The third kappa shape index (κ3) is 4.23. The highest BCUT2D eigenvalue weighted by atomic mass is 16.2. The zero-order valence-electron chi connectivity index (χ0n) is 17.3. The molecule has 3 rings (SSSR count). The minimum atomic E-state index is -1.38. The van der Waals surface area contributed by atoms with Crippen molar-refractivity contribution in [3.63, 3.8) is 0 Å². The Morgan fingerprint density at radius 1 is 1.16 bits per heavy atom. The minimum absolute atomic E-state index is 0.169. The van der Waals surface area contributed by atoms with Crippen LogP contribution in [0.3, 0.4) is 0 Å². The van der Waals surface area contributed by atoms with Crippen LogP contribution in [0.4, 0.5) is 10.5 Å². The molecule has 0 spiro atoms. The number of amides is 5. The lowest BCUT2D eigenvalue weighted by Gasteiger charge is -2.22. The molecule has 5 amide bonds. The molecule has 0 aromatic heterocycles. The quantitative estimate of drug-likeness (QED) is 0.714. The normalized spacial score (nSPS) is 17.7. The van der Waals surface area contributed by atoms with Crippen molar-refractivity contribution >= 4 is 29.4 Å². The highest BCUT2D eigenvalue weighted by Crippen LogP contribution is 2.29. The fraction of sp³-hybridized carbons (Fsp3) is 0.227. The molecule has 9 heteroatoms. The maximum atomic E-state index is 12.9. The van der Waals surface area contributed by atoms with E-state index in [-0.39, 0.29) is 5.91 Å². The number of imide groups is 1. The van der Waals surface area contributed by atoms with Gasteiger partial charge in [0.15, 0.2) is 0 Å². The van der Waals surface area contributed by atoms with Crippen LogP contribution < -0.4 is 10.6 Å². The number of hydrogen-bond acceptors (Lipinski definition) is 5. The molecular weight excluding hydrogens is 398 g/mol. The highest BCUT2D eigenvalue weighted by Gasteiger charge is 2.49. The summed E-state index contributed by atoms with van der Waals surface area (Å²) in [6.07, 6.45) is 0. The van der Waals surface area contributed by atoms with E-state index in [9.17, 15) is 19.2 Å². The summed E-state index contributed by atoms with van der Waals surface area (Å²) in [6.45, 7) is 1.05. The first-order chi connectivity index (χ1) is 14.7. The van der Waals surface area contributed by atoms with Crippen LogP contribution in [0.5, 0.6) is 0 Å². The number of hydrogen-bond donors (Lipinski definition) is 2. The van der Waals surface area contributed by atoms with E-state index in [0.29, 0.717) is 22.4 Å². The standard InChI is InChI=1S/C22H21N5O4/c1-22(16-6-4-5-14(11-16)12-23)20(30)27(21(31)25-22)13-18(28)24-17-9-7-15(8-10-17)19(29)26(2)3/h4-11H,13H2,1-3H3,(H,24,28)(H,25,31). The van der Waals surface area contributed by atoms with Crippen LogP contribution in [0.1, 0.15) is 28.4 Å². The van der Waals surface area contributed by atoms with E-state index in [2.05, 4.69) is 10.6 Å². The van der Waals surface area contributed by atoms with Gasteiger partial charge in [-0.2, -0.15) is 5.26 Å². The molecule has 31 heavy (non-hydrogen) atoms. The van der Waals surface area contributed by atoms with Gasteiger partial charge < -0.3 is 15.5 Å². The molecular formula is C22H21N5O4. The SMILES string of the molecule is CN(C)C(=O)c1ccc(NC(=O)CN2C(=O)NC(C)(c3cccc(C#N)c3)C2=O)cc1. The average Bonchev–Trinajstić information content (AvgIpc) is 2.97. The number of anilines is 1. The molecule has 2 aromatic carbocycles. The van der Waals surface area contributed by atoms with Crippen molar-refractivity contribution in [3.8, 4) is 6.07 Å². The van der Waals surface area contributed by atoms with Crippen LogP contribution in [-0.4, -0.2) is 54.2 Å². The molecule has 1 atom stereocenters. The number of nitriles is 1. The van der Waals surface area contributed by atoms with Crippen LogP contribution in [0.15, 0.2) is 48.5 Å². The van der Waals surface area contributed by atoms with Gasteiger partial charge in [-0.05, 0) is 48.9 Å².